The molecule has 2 aliphatic heterocycles. The highest BCUT2D eigenvalue weighted by Gasteiger charge is 2.39. The summed E-state index contributed by atoms with van der Waals surface area (Å²) in [5, 5.41) is 22.6. The lowest BCUT2D eigenvalue weighted by Crippen LogP contribution is -2.36. The first-order chi connectivity index (χ1) is 16.1. The fraction of sp³-hybridized carbons (Fsp3) is 0.185. The van der Waals surface area contributed by atoms with Gasteiger partial charge >= 0.3 is 0 Å². The normalized spacial score (nSPS) is 17.6. The fourth-order valence-electron chi connectivity index (χ4n) is 4.30. The first kappa shape index (κ1) is 20.8. The number of phenolic OH excluding ortho intramolecular Hbond substituents is 2. The molecule has 6 heteroatoms. The van der Waals surface area contributed by atoms with Crippen molar-refractivity contribution >= 4 is 11.6 Å². The van der Waals surface area contributed by atoms with Crippen LogP contribution in [-0.2, 0) is 17.6 Å². The van der Waals surface area contributed by atoms with Crippen LogP contribution in [0, 0.1) is 0 Å². The average Bonchev–Trinajstić information content (AvgIpc) is 3.15. The number of aromatic hydroxyl groups is 2. The van der Waals surface area contributed by atoms with Gasteiger partial charge in [0.05, 0.1) is 18.0 Å². The van der Waals surface area contributed by atoms with Gasteiger partial charge in [-0.3, -0.25) is 14.7 Å². The summed E-state index contributed by atoms with van der Waals surface area (Å²) in [6.45, 7) is 0.382. The van der Waals surface area contributed by atoms with Crippen molar-refractivity contribution in [2.75, 3.05) is 6.54 Å². The van der Waals surface area contributed by atoms with E-state index < -0.39 is 0 Å². The minimum atomic E-state index is -0.384. The maximum atomic E-state index is 13.3. The van der Waals surface area contributed by atoms with Crippen LogP contribution >= 0.6 is 0 Å². The van der Waals surface area contributed by atoms with Gasteiger partial charge in [-0.2, -0.15) is 0 Å². The van der Waals surface area contributed by atoms with Crippen LogP contribution in [0.1, 0.15) is 23.1 Å². The minimum Gasteiger partial charge on any atom is -0.508 e. The second kappa shape index (κ2) is 8.82. The molecule has 3 aromatic rings. The quantitative estimate of drug-likeness (QED) is 0.546. The average molecular weight is 440 g/mol. The molecule has 0 radical (unpaired) electrons. The molecular formula is C27H25N3O3. The van der Waals surface area contributed by atoms with E-state index >= 15 is 0 Å². The zero-order chi connectivity index (χ0) is 22.8. The summed E-state index contributed by atoms with van der Waals surface area (Å²) < 4.78 is 0. The number of hydrogen-bond donors (Lipinski definition) is 3. The summed E-state index contributed by atoms with van der Waals surface area (Å²) in [5.74, 6) is 1.20. The Morgan fingerprint density at radius 1 is 0.848 bits per heavy atom. The Labute approximate surface area is 192 Å². The molecule has 2 heterocycles. The van der Waals surface area contributed by atoms with E-state index in [-0.39, 0.29) is 23.4 Å². The smallest absolute Gasteiger partial charge is 0.251 e. The number of phenols is 2. The summed E-state index contributed by atoms with van der Waals surface area (Å²) in [4.78, 5) is 20.1. The van der Waals surface area contributed by atoms with Gasteiger partial charge in [0.2, 0.25) is 0 Å². The molecule has 1 amide bonds. The van der Waals surface area contributed by atoms with Crippen LogP contribution in [0.25, 0.3) is 0 Å². The predicted octanol–water partition coefficient (Wildman–Crippen LogP) is 3.75. The standard InChI is InChI=1S/C27H25N3O3/c31-21-11-6-19(7-12-21)16-24-27(33)30-17-25(20-9-13-22(32)14-10-20)28-23(26(30)29-24)15-8-18-4-2-1-3-5-18/h1-7,9-14,24,29,31-32H,8,15-17H2. The zero-order valence-corrected chi connectivity index (χ0v) is 18.1. The van der Waals surface area contributed by atoms with Crippen LogP contribution in [0.3, 0.4) is 0 Å². The maximum Gasteiger partial charge on any atom is 0.251 e. The molecule has 33 heavy (non-hydrogen) atoms. The van der Waals surface area contributed by atoms with Crippen molar-refractivity contribution in [3.8, 4) is 11.5 Å². The summed E-state index contributed by atoms with van der Waals surface area (Å²) in [6.07, 6.45) is 2.04. The number of aryl methyl sites for hydroxylation is 1. The molecule has 1 unspecified atom stereocenters. The zero-order valence-electron chi connectivity index (χ0n) is 18.1. The Kier molecular flexibility index (Phi) is 5.57. The highest BCUT2D eigenvalue weighted by molar-refractivity contribution is 6.06. The molecule has 1 atom stereocenters. The number of hydrogen-bond acceptors (Lipinski definition) is 5. The first-order valence-electron chi connectivity index (χ1n) is 11.1. The monoisotopic (exact) mass is 439 g/mol. The molecule has 0 aliphatic carbocycles. The maximum absolute atomic E-state index is 13.3. The largest absolute Gasteiger partial charge is 0.508 e. The van der Waals surface area contributed by atoms with E-state index in [0.29, 0.717) is 19.4 Å². The molecule has 6 nitrogen and oxygen atoms in total. The molecule has 3 N–H and O–H groups in total. The fourth-order valence-corrected chi connectivity index (χ4v) is 4.30. The van der Waals surface area contributed by atoms with Gasteiger partial charge in [0, 0.05) is 6.42 Å². The molecule has 166 valence electrons. The molecule has 3 aromatic carbocycles. The lowest BCUT2D eigenvalue weighted by Gasteiger charge is -2.25. The number of fused-ring (bicyclic) bond motifs is 1. The first-order valence-corrected chi connectivity index (χ1v) is 11.1. The van der Waals surface area contributed by atoms with Gasteiger partial charge in [-0.15, -0.1) is 0 Å². The van der Waals surface area contributed by atoms with Gasteiger partial charge in [0.15, 0.2) is 0 Å². The number of nitrogens with one attached hydrogen (secondary N) is 1. The van der Waals surface area contributed by atoms with Crippen LogP contribution in [0.5, 0.6) is 11.5 Å². The Morgan fingerprint density at radius 3 is 2.21 bits per heavy atom. The summed E-state index contributed by atoms with van der Waals surface area (Å²) in [5.41, 5.74) is 4.74. The number of carbonyl (C=O) groups excluding carboxylic acids is 1. The molecule has 2 aliphatic rings. The van der Waals surface area contributed by atoms with Crippen LogP contribution in [0.4, 0.5) is 0 Å². The van der Waals surface area contributed by atoms with Crippen LogP contribution in [-0.4, -0.2) is 39.3 Å². The van der Waals surface area contributed by atoms with Crippen molar-refractivity contribution in [2.24, 2.45) is 4.99 Å². The number of allylic oxidation sites excluding steroid dienone is 1. The van der Waals surface area contributed by atoms with Crippen LogP contribution in [0.2, 0.25) is 0 Å². The third-order valence-electron chi connectivity index (χ3n) is 6.07. The van der Waals surface area contributed by atoms with Crippen LogP contribution in [0.15, 0.2) is 95.4 Å². The van der Waals surface area contributed by atoms with E-state index in [1.54, 1.807) is 29.2 Å². The van der Waals surface area contributed by atoms with E-state index in [2.05, 4.69) is 17.4 Å². The number of carbonyl (C=O) groups is 1. The van der Waals surface area contributed by atoms with Gasteiger partial charge in [-0.25, -0.2) is 0 Å². The summed E-state index contributed by atoms with van der Waals surface area (Å²) in [6, 6.07) is 23.7. The van der Waals surface area contributed by atoms with E-state index in [9.17, 15) is 15.0 Å². The number of benzene rings is 3. The summed E-state index contributed by atoms with van der Waals surface area (Å²) >= 11 is 0. The van der Waals surface area contributed by atoms with Crippen molar-refractivity contribution in [1.82, 2.24) is 10.2 Å². The Hall–Kier alpha value is -4.06. The van der Waals surface area contributed by atoms with Gasteiger partial charge in [-0.05, 0) is 65.9 Å². The number of amides is 1. The van der Waals surface area contributed by atoms with Crippen molar-refractivity contribution in [3.05, 3.63) is 107 Å². The molecule has 0 spiro atoms. The third kappa shape index (κ3) is 4.46. The van der Waals surface area contributed by atoms with Gasteiger partial charge in [-0.1, -0.05) is 42.5 Å². The van der Waals surface area contributed by atoms with Crippen molar-refractivity contribution in [3.63, 3.8) is 0 Å². The number of rotatable bonds is 6. The van der Waals surface area contributed by atoms with Crippen molar-refractivity contribution in [1.29, 1.82) is 0 Å². The highest BCUT2D eigenvalue weighted by Crippen LogP contribution is 2.29. The van der Waals surface area contributed by atoms with E-state index in [0.717, 1.165) is 34.8 Å². The van der Waals surface area contributed by atoms with E-state index in [4.69, 9.17) is 4.99 Å². The molecule has 1 saturated heterocycles. The number of aliphatic imine (C=N–C) groups is 1. The van der Waals surface area contributed by atoms with Gasteiger partial charge in [0.1, 0.15) is 23.4 Å². The van der Waals surface area contributed by atoms with Crippen LogP contribution < -0.4 is 5.32 Å². The van der Waals surface area contributed by atoms with Gasteiger partial charge in [0.25, 0.3) is 5.91 Å². The Balaban J connectivity index is 1.44. The molecule has 1 fully saturated rings. The topological polar surface area (TPSA) is 85.2 Å². The molecule has 0 bridgehead atoms. The third-order valence-corrected chi connectivity index (χ3v) is 6.07. The van der Waals surface area contributed by atoms with Crippen molar-refractivity contribution < 1.29 is 15.0 Å². The summed E-state index contributed by atoms with van der Waals surface area (Å²) in [7, 11) is 0. The SMILES string of the molecule is O=C1C(Cc2ccc(O)cc2)NC2=C(CCc3ccccc3)N=C(c3ccc(O)cc3)CN12. The second-order valence-electron chi connectivity index (χ2n) is 8.38. The van der Waals surface area contributed by atoms with Gasteiger partial charge < -0.3 is 15.5 Å². The van der Waals surface area contributed by atoms with E-state index in [1.807, 2.05) is 42.5 Å². The lowest BCUT2D eigenvalue weighted by atomic mass is 10.0. The second-order valence-corrected chi connectivity index (χ2v) is 8.38. The minimum absolute atomic E-state index is 0.0152. The van der Waals surface area contributed by atoms with E-state index in [1.165, 1.54) is 5.56 Å². The van der Waals surface area contributed by atoms with Crippen molar-refractivity contribution in [2.45, 2.75) is 25.3 Å². The highest BCUT2D eigenvalue weighted by atomic mass is 16.3. The molecule has 0 aromatic heterocycles. The molecule has 0 saturated carbocycles. The number of nitrogens with zero attached hydrogens (tertiary/aromatic N) is 2. The molecule has 5 rings (SSSR count). The predicted molar refractivity (Wildman–Crippen MR) is 127 cm³/mol. The Morgan fingerprint density at radius 2 is 1.52 bits per heavy atom. The Bertz CT molecular complexity index is 1220. The molecular weight excluding hydrogens is 414 g/mol. The lowest BCUT2D eigenvalue weighted by molar-refractivity contribution is -0.127.